The lowest BCUT2D eigenvalue weighted by Gasteiger charge is -2.32. The molecule has 1 aliphatic heterocycles. The maximum atomic E-state index is 12.3. The summed E-state index contributed by atoms with van der Waals surface area (Å²) in [5, 5.41) is 12.5. The van der Waals surface area contributed by atoms with Crippen molar-refractivity contribution in [1.29, 1.82) is 0 Å². The van der Waals surface area contributed by atoms with Crippen LogP contribution in [0.15, 0.2) is 17.6 Å². The van der Waals surface area contributed by atoms with E-state index in [0.29, 0.717) is 16.8 Å². The number of carboxylic acid groups (broad SMARTS) is 1. The molecule has 0 bridgehead atoms. The molecule has 1 aliphatic rings. The molecule has 0 saturated carbocycles. The fourth-order valence-electron chi connectivity index (χ4n) is 3.08. The SMILES string of the molecule is COc1cc(C=C(CNC(=O)OC(C)(C)C)B2OC(C)(C)C(C)(C)O2)c(C(=O)O)cc1OC. The van der Waals surface area contributed by atoms with Crippen molar-refractivity contribution in [1.82, 2.24) is 5.32 Å². The summed E-state index contributed by atoms with van der Waals surface area (Å²) in [5.74, 6) is -0.492. The van der Waals surface area contributed by atoms with Gasteiger partial charge < -0.3 is 33.9 Å². The van der Waals surface area contributed by atoms with E-state index in [1.807, 2.05) is 27.7 Å². The summed E-state index contributed by atoms with van der Waals surface area (Å²) in [5.41, 5.74) is -1.08. The highest BCUT2D eigenvalue weighted by Gasteiger charge is 2.52. The van der Waals surface area contributed by atoms with E-state index in [0.717, 1.165) is 0 Å². The second-order valence-corrected chi connectivity index (χ2v) is 9.76. The highest BCUT2D eigenvalue weighted by atomic mass is 16.7. The van der Waals surface area contributed by atoms with Crippen molar-refractivity contribution >= 4 is 25.3 Å². The fourth-order valence-corrected chi connectivity index (χ4v) is 3.08. The topological polar surface area (TPSA) is 113 Å². The molecule has 9 nitrogen and oxygen atoms in total. The average Bonchev–Trinajstić information content (AvgIpc) is 2.89. The van der Waals surface area contributed by atoms with Gasteiger partial charge in [-0.25, -0.2) is 9.59 Å². The third kappa shape index (κ3) is 6.42. The Bertz CT molecular complexity index is 917. The van der Waals surface area contributed by atoms with E-state index in [1.54, 1.807) is 32.9 Å². The Balaban J connectivity index is 2.51. The van der Waals surface area contributed by atoms with Crippen LogP contribution in [-0.2, 0) is 14.0 Å². The van der Waals surface area contributed by atoms with Crippen molar-refractivity contribution in [3.63, 3.8) is 0 Å². The third-order valence-corrected chi connectivity index (χ3v) is 5.52. The summed E-state index contributed by atoms with van der Waals surface area (Å²) in [6, 6.07) is 2.94. The lowest BCUT2D eigenvalue weighted by atomic mass is 9.76. The molecular formula is C23H34BNO8. The minimum Gasteiger partial charge on any atom is -0.493 e. The van der Waals surface area contributed by atoms with Crippen LogP contribution in [0.4, 0.5) is 4.79 Å². The molecule has 1 aromatic carbocycles. The van der Waals surface area contributed by atoms with Crippen LogP contribution in [0, 0.1) is 0 Å². The summed E-state index contributed by atoms with van der Waals surface area (Å²) < 4.78 is 28.2. The number of ether oxygens (including phenoxy) is 3. The predicted molar refractivity (Wildman–Crippen MR) is 125 cm³/mol. The van der Waals surface area contributed by atoms with Crippen LogP contribution in [0.2, 0.25) is 0 Å². The molecule has 1 aromatic rings. The van der Waals surface area contributed by atoms with Crippen molar-refractivity contribution in [2.75, 3.05) is 20.8 Å². The molecule has 10 heteroatoms. The molecule has 2 rings (SSSR count). The molecule has 0 spiro atoms. The van der Waals surface area contributed by atoms with Crippen LogP contribution in [-0.4, -0.2) is 61.9 Å². The standard InChI is InChI=1S/C23H34BNO8/c1-21(2,3)31-20(28)25-13-15(24-32-22(4,5)23(6,7)33-24)10-14-11-17(29-8)18(30-9)12-16(14)19(26)27/h10-12H,13H2,1-9H3,(H,25,28)(H,26,27). The highest BCUT2D eigenvalue weighted by molar-refractivity contribution is 6.56. The van der Waals surface area contributed by atoms with Gasteiger partial charge >= 0.3 is 19.2 Å². The Kier molecular flexibility index (Phi) is 7.76. The van der Waals surface area contributed by atoms with Gasteiger partial charge in [-0.2, -0.15) is 0 Å². The number of hydrogen-bond donors (Lipinski definition) is 2. The minimum absolute atomic E-state index is 0.000986. The molecule has 0 radical (unpaired) electrons. The Morgan fingerprint density at radius 3 is 2.03 bits per heavy atom. The Labute approximate surface area is 195 Å². The largest absolute Gasteiger partial charge is 0.493 e. The maximum Gasteiger partial charge on any atom is 0.492 e. The van der Waals surface area contributed by atoms with Crippen LogP contribution in [0.1, 0.15) is 64.4 Å². The molecule has 1 amide bonds. The molecule has 1 fully saturated rings. The van der Waals surface area contributed by atoms with Crippen LogP contribution in [0.5, 0.6) is 11.5 Å². The van der Waals surface area contributed by atoms with Crippen molar-refractivity contribution in [3.8, 4) is 11.5 Å². The van der Waals surface area contributed by atoms with Crippen molar-refractivity contribution in [2.24, 2.45) is 0 Å². The van der Waals surface area contributed by atoms with E-state index in [4.69, 9.17) is 23.5 Å². The monoisotopic (exact) mass is 463 g/mol. The molecule has 182 valence electrons. The number of amides is 1. The number of benzene rings is 1. The number of nitrogens with one attached hydrogen (secondary N) is 1. The number of methoxy groups -OCH3 is 2. The molecule has 0 atom stereocenters. The number of aromatic carboxylic acids is 1. The summed E-state index contributed by atoms with van der Waals surface area (Å²) in [7, 11) is 2.07. The lowest BCUT2D eigenvalue weighted by molar-refractivity contribution is 0.00578. The zero-order valence-corrected chi connectivity index (χ0v) is 20.8. The number of hydrogen-bond acceptors (Lipinski definition) is 7. The fraction of sp³-hybridized carbons (Fsp3) is 0.565. The maximum absolute atomic E-state index is 12.3. The first kappa shape index (κ1) is 26.5. The molecule has 0 aliphatic carbocycles. The second kappa shape index (κ2) is 9.65. The first-order valence-electron chi connectivity index (χ1n) is 10.6. The number of carboxylic acids is 1. The van der Waals surface area contributed by atoms with Crippen LogP contribution in [0.25, 0.3) is 6.08 Å². The van der Waals surface area contributed by atoms with Gasteiger partial charge in [-0.15, -0.1) is 0 Å². The quantitative estimate of drug-likeness (QED) is 0.585. The molecule has 2 N–H and O–H groups in total. The van der Waals surface area contributed by atoms with Gasteiger partial charge in [0.2, 0.25) is 0 Å². The summed E-state index contributed by atoms with van der Waals surface area (Å²) in [6.45, 7) is 12.9. The van der Waals surface area contributed by atoms with Crippen molar-refractivity contribution < 1.29 is 38.2 Å². The van der Waals surface area contributed by atoms with E-state index >= 15 is 0 Å². The van der Waals surface area contributed by atoms with Crippen LogP contribution in [0.3, 0.4) is 0 Å². The van der Waals surface area contributed by atoms with Gasteiger partial charge in [0.05, 0.1) is 31.0 Å². The molecule has 1 heterocycles. The number of carbonyl (C=O) groups is 2. The van der Waals surface area contributed by atoms with Gasteiger partial charge in [0, 0.05) is 6.54 Å². The second-order valence-electron chi connectivity index (χ2n) is 9.76. The Morgan fingerprint density at radius 2 is 1.58 bits per heavy atom. The normalized spacial score (nSPS) is 17.5. The Morgan fingerprint density at radius 1 is 1.06 bits per heavy atom. The van der Waals surface area contributed by atoms with Gasteiger partial charge in [0.1, 0.15) is 5.60 Å². The molecule has 0 aromatic heterocycles. The number of alkyl carbamates (subject to hydrolysis) is 1. The van der Waals surface area contributed by atoms with E-state index in [9.17, 15) is 14.7 Å². The summed E-state index contributed by atoms with van der Waals surface area (Å²) in [4.78, 5) is 24.2. The highest BCUT2D eigenvalue weighted by Crippen LogP contribution is 2.39. The summed E-state index contributed by atoms with van der Waals surface area (Å²) in [6.07, 6.45) is 1.00. The van der Waals surface area contributed by atoms with Crippen molar-refractivity contribution in [2.45, 2.75) is 65.3 Å². The molecular weight excluding hydrogens is 429 g/mol. The van der Waals surface area contributed by atoms with Gasteiger partial charge in [0.25, 0.3) is 0 Å². The van der Waals surface area contributed by atoms with E-state index in [1.165, 1.54) is 20.3 Å². The predicted octanol–water partition coefficient (Wildman–Crippen LogP) is 3.94. The summed E-state index contributed by atoms with van der Waals surface area (Å²) >= 11 is 0. The zero-order valence-electron chi connectivity index (χ0n) is 20.8. The van der Waals surface area contributed by atoms with Crippen molar-refractivity contribution in [3.05, 3.63) is 28.7 Å². The smallest absolute Gasteiger partial charge is 0.492 e. The van der Waals surface area contributed by atoms with Crippen LogP contribution < -0.4 is 14.8 Å². The molecule has 1 saturated heterocycles. The number of carbonyl (C=O) groups excluding carboxylic acids is 1. The minimum atomic E-state index is -1.14. The van der Waals surface area contributed by atoms with E-state index in [-0.39, 0.29) is 17.9 Å². The first-order chi connectivity index (χ1) is 15.1. The number of rotatable bonds is 7. The molecule has 0 unspecified atom stereocenters. The van der Waals surface area contributed by atoms with E-state index < -0.39 is 36.0 Å². The lowest BCUT2D eigenvalue weighted by Crippen LogP contribution is -2.41. The van der Waals surface area contributed by atoms with Gasteiger partial charge in [-0.1, -0.05) is 6.08 Å². The van der Waals surface area contributed by atoms with Gasteiger partial charge in [-0.3, -0.25) is 0 Å². The average molecular weight is 463 g/mol. The Hall–Kier alpha value is -2.72. The van der Waals surface area contributed by atoms with Gasteiger partial charge in [-0.05, 0) is 71.6 Å². The van der Waals surface area contributed by atoms with Crippen LogP contribution >= 0.6 is 0 Å². The third-order valence-electron chi connectivity index (χ3n) is 5.52. The zero-order chi connectivity index (χ0) is 25.2. The molecule has 33 heavy (non-hydrogen) atoms. The van der Waals surface area contributed by atoms with Gasteiger partial charge in [0.15, 0.2) is 11.5 Å². The van der Waals surface area contributed by atoms with E-state index in [2.05, 4.69) is 5.32 Å². The first-order valence-corrected chi connectivity index (χ1v) is 10.6.